The van der Waals surface area contributed by atoms with Crippen molar-refractivity contribution in [3.05, 3.63) is 47.9 Å². The van der Waals surface area contributed by atoms with Crippen molar-refractivity contribution in [2.45, 2.75) is 45.6 Å². The number of aromatic nitrogens is 2. The van der Waals surface area contributed by atoms with Gasteiger partial charge in [0.15, 0.2) is 11.5 Å². The number of para-hydroxylation sites is 1. The molecule has 0 saturated carbocycles. The standard InChI is InChI=1S/C25H32N4O4/c1-17(19-6-5-7-21-23(19)32-13-12-31-21)15-26-22-14-20(27-16-28-22)18-8-10-29(11-9-18)24(30)33-25(2,3)4/h5-8,14,16-17H,9-13,15H2,1-4H3,(H,26,27,28)/t17-/m1/s1. The molecule has 1 amide bonds. The Hall–Kier alpha value is -3.29. The number of anilines is 1. The van der Waals surface area contributed by atoms with Crippen LogP contribution in [0.5, 0.6) is 11.5 Å². The lowest BCUT2D eigenvalue weighted by atomic mass is 9.99. The van der Waals surface area contributed by atoms with Crippen LogP contribution < -0.4 is 14.8 Å². The van der Waals surface area contributed by atoms with Crippen molar-refractivity contribution in [3.63, 3.8) is 0 Å². The number of rotatable bonds is 5. The quantitative estimate of drug-likeness (QED) is 0.715. The van der Waals surface area contributed by atoms with Crippen molar-refractivity contribution in [1.82, 2.24) is 14.9 Å². The minimum atomic E-state index is -0.496. The second kappa shape index (κ2) is 9.68. The Morgan fingerprint density at radius 2 is 2.06 bits per heavy atom. The van der Waals surface area contributed by atoms with E-state index >= 15 is 0 Å². The molecule has 1 atom stereocenters. The normalized spacial score (nSPS) is 16.6. The molecule has 0 bridgehead atoms. The van der Waals surface area contributed by atoms with E-state index in [0.29, 0.717) is 32.8 Å². The highest BCUT2D eigenvalue weighted by molar-refractivity contribution is 5.72. The van der Waals surface area contributed by atoms with Gasteiger partial charge >= 0.3 is 6.09 Å². The molecule has 0 unspecified atom stereocenters. The lowest BCUT2D eigenvalue weighted by Gasteiger charge is -2.29. The van der Waals surface area contributed by atoms with Crippen LogP contribution in [0, 0.1) is 0 Å². The van der Waals surface area contributed by atoms with E-state index in [1.54, 1.807) is 11.2 Å². The Kier molecular flexibility index (Phi) is 6.72. The van der Waals surface area contributed by atoms with Crippen molar-refractivity contribution in [1.29, 1.82) is 0 Å². The molecule has 0 saturated heterocycles. The van der Waals surface area contributed by atoms with Gasteiger partial charge < -0.3 is 24.4 Å². The fourth-order valence-corrected chi connectivity index (χ4v) is 3.88. The number of nitrogens with zero attached hydrogens (tertiary/aromatic N) is 3. The monoisotopic (exact) mass is 452 g/mol. The molecule has 2 aliphatic rings. The lowest BCUT2D eigenvalue weighted by molar-refractivity contribution is 0.0270. The van der Waals surface area contributed by atoms with E-state index in [1.165, 1.54) is 0 Å². The molecule has 0 spiro atoms. The first-order valence-corrected chi connectivity index (χ1v) is 11.4. The van der Waals surface area contributed by atoms with Gasteiger partial charge in [-0.1, -0.05) is 25.1 Å². The van der Waals surface area contributed by atoms with Gasteiger partial charge in [0.1, 0.15) is 31.0 Å². The van der Waals surface area contributed by atoms with Crippen LogP contribution in [0.1, 0.15) is 51.3 Å². The molecule has 0 fully saturated rings. The van der Waals surface area contributed by atoms with Gasteiger partial charge in [-0.25, -0.2) is 14.8 Å². The number of amides is 1. The number of hydrogen-bond donors (Lipinski definition) is 1. The van der Waals surface area contributed by atoms with Gasteiger partial charge in [0.25, 0.3) is 0 Å². The minimum absolute atomic E-state index is 0.205. The van der Waals surface area contributed by atoms with Gasteiger partial charge in [0.2, 0.25) is 0 Å². The summed E-state index contributed by atoms with van der Waals surface area (Å²) >= 11 is 0. The summed E-state index contributed by atoms with van der Waals surface area (Å²) in [7, 11) is 0. The number of hydrogen-bond acceptors (Lipinski definition) is 7. The smallest absolute Gasteiger partial charge is 0.410 e. The second-order valence-corrected chi connectivity index (χ2v) is 9.35. The Labute approximate surface area is 195 Å². The van der Waals surface area contributed by atoms with Crippen molar-refractivity contribution >= 4 is 17.5 Å². The maximum atomic E-state index is 12.3. The molecule has 8 nitrogen and oxygen atoms in total. The predicted molar refractivity (Wildman–Crippen MR) is 127 cm³/mol. The van der Waals surface area contributed by atoms with E-state index in [2.05, 4.69) is 28.3 Å². The summed E-state index contributed by atoms with van der Waals surface area (Å²) in [6.45, 7) is 10.7. The minimum Gasteiger partial charge on any atom is -0.486 e. The van der Waals surface area contributed by atoms with Crippen LogP contribution in [0.15, 0.2) is 36.7 Å². The van der Waals surface area contributed by atoms with Crippen molar-refractivity contribution in [3.8, 4) is 11.5 Å². The number of nitrogens with one attached hydrogen (secondary N) is 1. The zero-order chi connectivity index (χ0) is 23.4. The topological polar surface area (TPSA) is 85.8 Å². The highest BCUT2D eigenvalue weighted by Gasteiger charge is 2.24. The van der Waals surface area contributed by atoms with Crippen LogP contribution in [-0.4, -0.2) is 59.4 Å². The maximum Gasteiger partial charge on any atom is 0.410 e. The van der Waals surface area contributed by atoms with Gasteiger partial charge in [-0.05, 0) is 38.8 Å². The van der Waals surface area contributed by atoms with E-state index in [4.69, 9.17) is 14.2 Å². The maximum absolute atomic E-state index is 12.3. The Bertz CT molecular complexity index is 1030. The van der Waals surface area contributed by atoms with Crippen LogP contribution in [0.25, 0.3) is 5.57 Å². The average Bonchev–Trinajstić information content (AvgIpc) is 2.81. The SMILES string of the molecule is C[C@H](CNc1cc(C2=CCN(C(=O)OC(C)(C)C)CC2)ncn1)c1cccc2c1OCCO2. The second-order valence-electron chi connectivity index (χ2n) is 9.35. The first kappa shape index (κ1) is 22.9. The first-order valence-electron chi connectivity index (χ1n) is 11.4. The molecule has 2 aromatic rings. The molecule has 8 heteroatoms. The fraction of sp³-hybridized carbons (Fsp3) is 0.480. The molecular formula is C25H32N4O4. The van der Waals surface area contributed by atoms with E-state index in [0.717, 1.165) is 40.6 Å². The summed E-state index contributed by atoms with van der Waals surface area (Å²) in [4.78, 5) is 22.8. The summed E-state index contributed by atoms with van der Waals surface area (Å²) in [6, 6.07) is 7.98. The molecule has 0 radical (unpaired) electrons. The van der Waals surface area contributed by atoms with Crippen LogP contribution in [0.2, 0.25) is 0 Å². The van der Waals surface area contributed by atoms with Crippen LogP contribution in [0.4, 0.5) is 10.6 Å². The highest BCUT2D eigenvalue weighted by Crippen LogP contribution is 2.37. The summed E-state index contributed by atoms with van der Waals surface area (Å²) in [5, 5.41) is 3.42. The van der Waals surface area contributed by atoms with E-state index in [-0.39, 0.29) is 12.0 Å². The Morgan fingerprint density at radius 3 is 2.82 bits per heavy atom. The molecule has 33 heavy (non-hydrogen) atoms. The average molecular weight is 453 g/mol. The van der Waals surface area contributed by atoms with Crippen LogP contribution in [0.3, 0.4) is 0 Å². The molecule has 176 valence electrons. The molecule has 2 aliphatic heterocycles. The third kappa shape index (κ3) is 5.74. The van der Waals surface area contributed by atoms with Gasteiger partial charge in [0, 0.05) is 37.2 Å². The highest BCUT2D eigenvalue weighted by atomic mass is 16.6. The molecule has 1 aromatic heterocycles. The largest absolute Gasteiger partial charge is 0.486 e. The van der Waals surface area contributed by atoms with E-state index in [1.807, 2.05) is 45.0 Å². The number of carbonyl (C=O) groups excluding carboxylic acids is 1. The zero-order valence-electron chi connectivity index (χ0n) is 19.8. The van der Waals surface area contributed by atoms with Crippen molar-refractivity contribution in [2.75, 3.05) is 38.2 Å². The van der Waals surface area contributed by atoms with Gasteiger partial charge in [-0.2, -0.15) is 0 Å². The van der Waals surface area contributed by atoms with Crippen LogP contribution >= 0.6 is 0 Å². The molecular weight excluding hydrogens is 420 g/mol. The van der Waals surface area contributed by atoms with Gasteiger partial charge in [0.05, 0.1) is 5.69 Å². The number of fused-ring (bicyclic) bond motifs is 1. The summed E-state index contributed by atoms with van der Waals surface area (Å²) < 4.78 is 17.0. The van der Waals surface area contributed by atoms with Crippen LogP contribution in [-0.2, 0) is 4.74 Å². The third-order valence-electron chi connectivity index (χ3n) is 5.57. The fourth-order valence-electron chi connectivity index (χ4n) is 3.88. The molecule has 4 rings (SSSR count). The molecule has 1 aromatic carbocycles. The summed E-state index contributed by atoms with van der Waals surface area (Å²) in [6.07, 6.45) is 4.05. The molecule has 0 aliphatic carbocycles. The lowest BCUT2D eigenvalue weighted by Crippen LogP contribution is -2.39. The Balaban J connectivity index is 1.37. The zero-order valence-corrected chi connectivity index (χ0v) is 19.8. The Morgan fingerprint density at radius 1 is 1.24 bits per heavy atom. The van der Waals surface area contributed by atoms with Gasteiger partial charge in [-0.3, -0.25) is 0 Å². The summed E-state index contributed by atoms with van der Waals surface area (Å²) in [5.41, 5.74) is 2.60. The molecule has 1 N–H and O–H groups in total. The number of ether oxygens (including phenoxy) is 3. The van der Waals surface area contributed by atoms with E-state index < -0.39 is 5.60 Å². The van der Waals surface area contributed by atoms with Crippen molar-refractivity contribution in [2.24, 2.45) is 0 Å². The van der Waals surface area contributed by atoms with Gasteiger partial charge in [-0.15, -0.1) is 0 Å². The number of benzene rings is 1. The predicted octanol–water partition coefficient (Wildman–Crippen LogP) is 4.49. The summed E-state index contributed by atoms with van der Waals surface area (Å²) in [5.74, 6) is 2.61. The van der Waals surface area contributed by atoms with Crippen molar-refractivity contribution < 1.29 is 19.0 Å². The van der Waals surface area contributed by atoms with E-state index in [9.17, 15) is 4.79 Å². The third-order valence-corrected chi connectivity index (χ3v) is 5.57. The molecule has 3 heterocycles. The first-order chi connectivity index (χ1) is 15.8. The number of carbonyl (C=O) groups is 1.